The second-order valence-electron chi connectivity index (χ2n) is 1.73. The number of thiophene rings is 1. The maximum atomic E-state index is 8.78. The maximum absolute atomic E-state index is 8.78. The SMILES string of the molecule is Oc1cc2sccc2o1. The monoisotopic (exact) mass is 140 g/mol. The van der Waals surface area contributed by atoms with Gasteiger partial charge in [0.1, 0.15) is 5.58 Å². The van der Waals surface area contributed by atoms with Crippen molar-refractivity contribution in [2.45, 2.75) is 0 Å². The fourth-order valence-corrected chi connectivity index (χ4v) is 1.49. The van der Waals surface area contributed by atoms with Crippen molar-refractivity contribution in [2.24, 2.45) is 0 Å². The van der Waals surface area contributed by atoms with E-state index >= 15 is 0 Å². The Morgan fingerprint density at radius 2 is 2.44 bits per heavy atom. The molecule has 0 saturated carbocycles. The molecule has 0 aromatic carbocycles. The van der Waals surface area contributed by atoms with Crippen molar-refractivity contribution in [3.8, 4) is 5.95 Å². The highest BCUT2D eigenvalue weighted by molar-refractivity contribution is 7.17. The van der Waals surface area contributed by atoms with Gasteiger partial charge in [-0.3, -0.25) is 0 Å². The standard InChI is InChI=1S/C6H4O2S/c7-6-3-5-4(8-6)1-2-9-5/h1-3,7H. The van der Waals surface area contributed by atoms with Gasteiger partial charge in [0.05, 0.1) is 4.70 Å². The molecule has 3 heteroatoms. The van der Waals surface area contributed by atoms with Crippen molar-refractivity contribution in [3.63, 3.8) is 0 Å². The summed E-state index contributed by atoms with van der Waals surface area (Å²) in [6.45, 7) is 0. The Labute approximate surface area is 55.3 Å². The van der Waals surface area contributed by atoms with Crippen molar-refractivity contribution >= 4 is 21.6 Å². The molecule has 2 aromatic heterocycles. The van der Waals surface area contributed by atoms with Gasteiger partial charge in [0.15, 0.2) is 0 Å². The number of aromatic hydroxyl groups is 1. The molecule has 2 aromatic rings. The molecule has 0 bridgehead atoms. The lowest BCUT2D eigenvalue weighted by Gasteiger charge is -1.73. The van der Waals surface area contributed by atoms with Gasteiger partial charge in [0.25, 0.3) is 5.95 Å². The predicted molar refractivity (Wildman–Crippen MR) is 35.8 cm³/mol. The number of hydrogen-bond acceptors (Lipinski definition) is 3. The van der Waals surface area contributed by atoms with E-state index in [2.05, 4.69) is 0 Å². The number of rotatable bonds is 0. The lowest BCUT2D eigenvalue weighted by molar-refractivity contribution is 0.346. The van der Waals surface area contributed by atoms with Crippen LogP contribution in [0.4, 0.5) is 0 Å². The zero-order valence-corrected chi connectivity index (χ0v) is 5.31. The predicted octanol–water partition coefficient (Wildman–Crippen LogP) is 2.20. The molecule has 0 atom stereocenters. The van der Waals surface area contributed by atoms with Crippen LogP contribution in [0.3, 0.4) is 0 Å². The molecule has 9 heavy (non-hydrogen) atoms. The van der Waals surface area contributed by atoms with E-state index in [0.29, 0.717) is 0 Å². The average molecular weight is 140 g/mol. The molecule has 2 rings (SSSR count). The maximum Gasteiger partial charge on any atom is 0.283 e. The van der Waals surface area contributed by atoms with E-state index < -0.39 is 0 Å². The van der Waals surface area contributed by atoms with Crippen LogP contribution in [0.1, 0.15) is 0 Å². The third-order valence-corrected chi connectivity index (χ3v) is 1.97. The first-order valence-electron chi connectivity index (χ1n) is 2.52. The zero-order chi connectivity index (χ0) is 6.27. The third kappa shape index (κ3) is 0.616. The van der Waals surface area contributed by atoms with Crippen LogP contribution in [0.2, 0.25) is 0 Å². The van der Waals surface area contributed by atoms with E-state index in [9.17, 15) is 0 Å². The Morgan fingerprint density at radius 3 is 3.22 bits per heavy atom. The minimum atomic E-state index is -0.00292. The molecular formula is C6H4O2S. The molecular weight excluding hydrogens is 136 g/mol. The molecule has 1 N–H and O–H groups in total. The van der Waals surface area contributed by atoms with E-state index in [0.717, 1.165) is 10.3 Å². The molecule has 0 saturated heterocycles. The lowest BCUT2D eigenvalue weighted by Crippen LogP contribution is -1.43. The van der Waals surface area contributed by atoms with Gasteiger partial charge in [-0.15, -0.1) is 11.3 Å². The molecule has 0 aliphatic rings. The van der Waals surface area contributed by atoms with Crippen LogP contribution in [-0.2, 0) is 0 Å². The van der Waals surface area contributed by atoms with Gasteiger partial charge in [-0.1, -0.05) is 0 Å². The Balaban J connectivity index is 2.92. The summed E-state index contributed by atoms with van der Waals surface area (Å²) in [4.78, 5) is 0. The largest absolute Gasteiger partial charge is 0.481 e. The summed E-state index contributed by atoms with van der Waals surface area (Å²) in [5.74, 6) is -0.00292. The molecule has 0 radical (unpaired) electrons. The van der Waals surface area contributed by atoms with Crippen LogP contribution in [0.5, 0.6) is 5.95 Å². The molecule has 0 fully saturated rings. The molecule has 0 aliphatic heterocycles. The number of fused-ring (bicyclic) bond motifs is 1. The molecule has 0 spiro atoms. The fourth-order valence-electron chi connectivity index (χ4n) is 0.753. The highest BCUT2D eigenvalue weighted by Crippen LogP contribution is 2.27. The molecule has 0 unspecified atom stereocenters. The normalized spacial score (nSPS) is 10.7. The van der Waals surface area contributed by atoms with Crippen LogP contribution in [0.15, 0.2) is 21.9 Å². The lowest BCUT2D eigenvalue weighted by atomic mass is 10.5. The van der Waals surface area contributed by atoms with Crippen molar-refractivity contribution < 1.29 is 9.52 Å². The van der Waals surface area contributed by atoms with Gasteiger partial charge in [-0.25, -0.2) is 0 Å². The Kier molecular flexibility index (Phi) is 0.818. The highest BCUT2D eigenvalue weighted by Gasteiger charge is 2.00. The van der Waals surface area contributed by atoms with E-state index in [-0.39, 0.29) is 5.95 Å². The second kappa shape index (κ2) is 1.51. The molecule has 2 nitrogen and oxygen atoms in total. The van der Waals surface area contributed by atoms with Crippen molar-refractivity contribution in [2.75, 3.05) is 0 Å². The van der Waals surface area contributed by atoms with Crippen molar-refractivity contribution in [1.82, 2.24) is 0 Å². The van der Waals surface area contributed by atoms with Crippen LogP contribution in [0.25, 0.3) is 10.3 Å². The van der Waals surface area contributed by atoms with Crippen molar-refractivity contribution in [1.29, 1.82) is 0 Å². The van der Waals surface area contributed by atoms with Crippen molar-refractivity contribution in [3.05, 3.63) is 17.5 Å². The van der Waals surface area contributed by atoms with Gasteiger partial charge in [0, 0.05) is 6.07 Å². The van der Waals surface area contributed by atoms with E-state index in [4.69, 9.17) is 9.52 Å². The third-order valence-electron chi connectivity index (χ3n) is 1.13. The Morgan fingerprint density at radius 1 is 1.56 bits per heavy atom. The van der Waals surface area contributed by atoms with Gasteiger partial charge >= 0.3 is 0 Å². The first kappa shape index (κ1) is 4.88. The molecule has 2 heterocycles. The zero-order valence-electron chi connectivity index (χ0n) is 4.50. The summed E-state index contributed by atoms with van der Waals surface area (Å²) in [7, 11) is 0. The molecule has 0 amide bonds. The first-order chi connectivity index (χ1) is 4.36. The number of hydrogen-bond donors (Lipinski definition) is 1. The minimum Gasteiger partial charge on any atom is -0.481 e. The summed E-state index contributed by atoms with van der Waals surface area (Å²) in [6, 6.07) is 3.44. The summed E-state index contributed by atoms with van der Waals surface area (Å²) in [5.41, 5.74) is 0.762. The number of furan rings is 1. The van der Waals surface area contributed by atoms with Gasteiger partial charge in [-0.2, -0.15) is 0 Å². The summed E-state index contributed by atoms with van der Waals surface area (Å²) in [6.07, 6.45) is 0. The molecule has 0 aliphatic carbocycles. The second-order valence-corrected chi connectivity index (χ2v) is 2.68. The summed E-state index contributed by atoms with van der Waals surface area (Å²) < 4.78 is 5.87. The van der Waals surface area contributed by atoms with Crippen LogP contribution in [-0.4, -0.2) is 5.11 Å². The van der Waals surface area contributed by atoms with Crippen LogP contribution < -0.4 is 0 Å². The van der Waals surface area contributed by atoms with E-state index in [1.807, 2.05) is 11.4 Å². The van der Waals surface area contributed by atoms with Crippen LogP contribution in [0, 0.1) is 0 Å². The highest BCUT2D eigenvalue weighted by atomic mass is 32.1. The summed E-state index contributed by atoms with van der Waals surface area (Å²) >= 11 is 1.55. The van der Waals surface area contributed by atoms with Crippen LogP contribution >= 0.6 is 11.3 Å². The molecule has 46 valence electrons. The van der Waals surface area contributed by atoms with E-state index in [1.54, 1.807) is 17.4 Å². The minimum absolute atomic E-state index is 0.00292. The topological polar surface area (TPSA) is 33.4 Å². The smallest absolute Gasteiger partial charge is 0.283 e. The van der Waals surface area contributed by atoms with E-state index in [1.165, 1.54) is 0 Å². The Hall–Kier alpha value is -0.960. The van der Waals surface area contributed by atoms with Gasteiger partial charge in [-0.05, 0) is 11.4 Å². The fraction of sp³-hybridized carbons (Fsp3) is 0. The first-order valence-corrected chi connectivity index (χ1v) is 3.40. The Bertz CT molecular complexity index is 292. The quantitative estimate of drug-likeness (QED) is 0.608. The van der Waals surface area contributed by atoms with Gasteiger partial charge < -0.3 is 9.52 Å². The summed E-state index contributed by atoms with van der Waals surface area (Å²) in [5, 5.41) is 10.7. The average Bonchev–Trinajstić information content (AvgIpc) is 2.22. The van der Waals surface area contributed by atoms with Gasteiger partial charge in [0.2, 0.25) is 0 Å².